The zero-order chi connectivity index (χ0) is 25.9. The second kappa shape index (κ2) is 10.7. The highest BCUT2D eigenvalue weighted by atomic mass is 16.5. The number of nitrogens with one attached hydrogen (secondary N) is 1. The molecule has 1 spiro atoms. The Balaban J connectivity index is 1.58. The molecular formula is C28H35N3O5. The highest BCUT2D eigenvalue weighted by Gasteiger charge is 2.54. The van der Waals surface area contributed by atoms with Crippen LogP contribution in [0.3, 0.4) is 0 Å². The monoisotopic (exact) mass is 493 g/mol. The fourth-order valence-corrected chi connectivity index (χ4v) is 4.95. The van der Waals surface area contributed by atoms with Crippen molar-refractivity contribution in [3.05, 3.63) is 65.2 Å². The molecular weight excluding hydrogens is 458 g/mol. The van der Waals surface area contributed by atoms with Crippen LogP contribution in [0, 0.1) is 6.92 Å². The van der Waals surface area contributed by atoms with E-state index in [2.05, 4.69) is 5.32 Å². The van der Waals surface area contributed by atoms with Crippen molar-refractivity contribution < 1.29 is 23.9 Å². The molecule has 3 amide bonds. The molecule has 2 atom stereocenters. The van der Waals surface area contributed by atoms with Gasteiger partial charge in [-0.25, -0.2) is 0 Å². The number of methoxy groups -OCH3 is 1. The molecule has 2 aliphatic rings. The molecule has 36 heavy (non-hydrogen) atoms. The van der Waals surface area contributed by atoms with Gasteiger partial charge in [-0.2, -0.15) is 0 Å². The molecule has 2 aromatic rings. The van der Waals surface area contributed by atoms with Crippen molar-refractivity contribution in [1.29, 1.82) is 0 Å². The number of nitrogens with zero attached hydrogens (tertiary/aromatic N) is 2. The van der Waals surface area contributed by atoms with Crippen molar-refractivity contribution in [3.63, 3.8) is 0 Å². The van der Waals surface area contributed by atoms with E-state index < -0.39 is 11.8 Å². The second-order valence-corrected chi connectivity index (χ2v) is 9.61. The van der Waals surface area contributed by atoms with Crippen molar-refractivity contribution >= 4 is 17.7 Å². The molecule has 2 heterocycles. The van der Waals surface area contributed by atoms with E-state index in [-0.39, 0.29) is 30.4 Å². The summed E-state index contributed by atoms with van der Waals surface area (Å²) in [5.41, 5.74) is 1.01. The van der Waals surface area contributed by atoms with E-state index in [9.17, 15) is 14.4 Å². The summed E-state index contributed by atoms with van der Waals surface area (Å²) in [7, 11) is 1.57. The summed E-state index contributed by atoms with van der Waals surface area (Å²) in [5, 5.41) is 3.01. The van der Waals surface area contributed by atoms with E-state index in [1.54, 1.807) is 47.2 Å². The van der Waals surface area contributed by atoms with Crippen LogP contribution in [0.1, 0.15) is 59.4 Å². The summed E-state index contributed by atoms with van der Waals surface area (Å²) in [6.45, 7) is 6.79. The molecule has 0 bridgehead atoms. The predicted molar refractivity (Wildman–Crippen MR) is 136 cm³/mol. The van der Waals surface area contributed by atoms with Crippen LogP contribution in [0.15, 0.2) is 48.5 Å². The van der Waals surface area contributed by atoms with Crippen molar-refractivity contribution in [1.82, 2.24) is 15.1 Å². The Morgan fingerprint density at radius 1 is 1.11 bits per heavy atom. The Labute approximate surface area is 212 Å². The van der Waals surface area contributed by atoms with Gasteiger partial charge in [0.2, 0.25) is 5.91 Å². The second-order valence-electron chi connectivity index (χ2n) is 9.61. The smallest absolute Gasteiger partial charge is 0.257 e. The summed E-state index contributed by atoms with van der Waals surface area (Å²) in [6.07, 6.45) is 1.64. The maximum atomic E-state index is 13.9. The van der Waals surface area contributed by atoms with Gasteiger partial charge in [-0.05, 0) is 50.1 Å². The van der Waals surface area contributed by atoms with Gasteiger partial charge >= 0.3 is 0 Å². The molecule has 0 radical (unpaired) electrons. The first-order chi connectivity index (χ1) is 17.3. The zero-order valence-corrected chi connectivity index (χ0v) is 21.5. The zero-order valence-electron chi connectivity index (χ0n) is 21.5. The van der Waals surface area contributed by atoms with Crippen LogP contribution in [-0.2, 0) is 9.53 Å². The number of amides is 3. The molecule has 2 aliphatic heterocycles. The largest absolute Gasteiger partial charge is 0.497 e. The summed E-state index contributed by atoms with van der Waals surface area (Å²) in [5.74, 6) is 0.101. The highest BCUT2D eigenvalue weighted by molar-refractivity contribution is 5.99. The van der Waals surface area contributed by atoms with Crippen molar-refractivity contribution in [2.75, 3.05) is 26.8 Å². The van der Waals surface area contributed by atoms with Gasteiger partial charge in [-0.3, -0.25) is 19.3 Å². The van der Waals surface area contributed by atoms with Gasteiger partial charge in [-0.1, -0.05) is 31.2 Å². The third-order valence-corrected chi connectivity index (χ3v) is 7.31. The van der Waals surface area contributed by atoms with E-state index >= 15 is 0 Å². The molecule has 2 aromatic carbocycles. The SMILES string of the molecule is CC[C@@H](C)NC(=O)[C@H]1COC2(CCN(C(=O)c3cccc(OC)c3)CC2)N1C(=O)c1ccccc1C. The van der Waals surface area contributed by atoms with Gasteiger partial charge in [-0.15, -0.1) is 0 Å². The number of rotatable bonds is 6. The lowest BCUT2D eigenvalue weighted by molar-refractivity contribution is -0.128. The Morgan fingerprint density at radius 2 is 1.83 bits per heavy atom. The van der Waals surface area contributed by atoms with Gasteiger partial charge < -0.3 is 19.7 Å². The Hall–Kier alpha value is -3.39. The van der Waals surface area contributed by atoms with Crippen molar-refractivity contribution in [2.24, 2.45) is 0 Å². The molecule has 0 saturated carbocycles. The first kappa shape index (κ1) is 25.7. The number of hydrogen-bond donors (Lipinski definition) is 1. The molecule has 8 heteroatoms. The normalized spacial score (nSPS) is 19.7. The summed E-state index contributed by atoms with van der Waals surface area (Å²) >= 11 is 0. The minimum absolute atomic E-state index is 0.00760. The topological polar surface area (TPSA) is 88.2 Å². The molecule has 4 rings (SSSR count). The number of aryl methyl sites for hydroxylation is 1. The molecule has 0 aliphatic carbocycles. The Bertz CT molecular complexity index is 1130. The first-order valence-corrected chi connectivity index (χ1v) is 12.6. The molecule has 2 saturated heterocycles. The maximum Gasteiger partial charge on any atom is 0.257 e. The molecule has 0 unspecified atom stereocenters. The van der Waals surface area contributed by atoms with Crippen LogP contribution in [0.4, 0.5) is 0 Å². The average Bonchev–Trinajstić information content (AvgIpc) is 3.27. The number of carbonyl (C=O) groups is 3. The van der Waals surface area contributed by atoms with Crippen molar-refractivity contribution in [3.8, 4) is 5.75 Å². The Morgan fingerprint density at radius 3 is 2.50 bits per heavy atom. The lowest BCUT2D eigenvalue weighted by Crippen LogP contribution is -2.60. The average molecular weight is 494 g/mol. The van der Waals surface area contributed by atoms with Crippen LogP contribution >= 0.6 is 0 Å². The third-order valence-electron chi connectivity index (χ3n) is 7.31. The molecule has 2 fully saturated rings. The summed E-state index contributed by atoms with van der Waals surface area (Å²) in [4.78, 5) is 43.7. The number of likely N-dealkylation sites (tertiary alicyclic amines) is 1. The van der Waals surface area contributed by atoms with E-state index in [1.165, 1.54) is 0 Å². The number of hydrogen-bond acceptors (Lipinski definition) is 5. The van der Waals surface area contributed by atoms with Gasteiger partial charge in [0.15, 0.2) is 0 Å². The first-order valence-electron chi connectivity index (χ1n) is 12.6. The van der Waals surface area contributed by atoms with E-state index in [4.69, 9.17) is 9.47 Å². The van der Waals surface area contributed by atoms with Crippen LogP contribution in [0.5, 0.6) is 5.75 Å². The number of piperidine rings is 1. The standard InChI is InChI=1S/C28H35N3O5/c1-5-20(3)29-25(32)24-18-36-28(31(24)27(34)23-12-7-6-9-19(23)2)13-15-30(16-14-28)26(33)21-10-8-11-22(17-21)35-4/h6-12,17,20,24H,5,13-16,18H2,1-4H3,(H,29,32)/t20-,24-/m1/s1. The fourth-order valence-electron chi connectivity index (χ4n) is 4.95. The lowest BCUT2D eigenvalue weighted by Gasteiger charge is -2.44. The van der Waals surface area contributed by atoms with Gasteiger partial charge in [0.05, 0.1) is 13.7 Å². The van der Waals surface area contributed by atoms with Crippen LogP contribution in [-0.4, -0.2) is 72.1 Å². The van der Waals surface area contributed by atoms with Crippen molar-refractivity contribution in [2.45, 2.75) is 57.8 Å². The lowest BCUT2D eigenvalue weighted by atomic mass is 9.95. The summed E-state index contributed by atoms with van der Waals surface area (Å²) < 4.78 is 11.5. The van der Waals surface area contributed by atoms with E-state index in [0.717, 1.165) is 12.0 Å². The van der Waals surface area contributed by atoms with Crippen LogP contribution < -0.4 is 10.1 Å². The van der Waals surface area contributed by atoms with Gasteiger partial charge in [0.25, 0.3) is 11.8 Å². The maximum absolute atomic E-state index is 13.9. The van der Waals surface area contributed by atoms with Crippen LogP contribution in [0.2, 0.25) is 0 Å². The predicted octanol–water partition coefficient (Wildman–Crippen LogP) is 3.39. The van der Waals surface area contributed by atoms with Gasteiger partial charge in [0, 0.05) is 43.1 Å². The number of benzene rings is 2. The highest BCUT2D eigenvalue weighted by Crippen LogP contribution is 2.39. The Kier molecular flexibility index (Phi) is 7.64. The summed E-state index contributed by atoms with van der Waals surface area (Å²) in [6, 6.07) is 13.7. The van der Waals surface area contributed by atoms with Crippen LogP contribution in [0.25, 0.3) is 0 Å². The minimum Gasteiger partial charge on any atom is -0.497 e. The minimum atomic E-state index is -0.942. The quantitative estimate of drug-likeness (QED) is 0.667. The molecule has 192 valence electrons. The molecule has 1 N–H and O–H groups in total. The molecule has 0 aromatic heterocycles. The third kappa shape index (κ3) is 4.95. The fraction of sp³-hybridized carbons (Fsp3) is 0.464. The number of ether oxygens (including phenoxy) is 2. The van der Waals surface area contributed by atoms with E-state index in [1.807, 2.05) is 39.0 Å². The van der Waals surface area contributed by atoms with Gasteiger partial charge in [0.1, 0.15) is 17.5 Å². The number of carbonyl (C=O) groups excluding carboxylic acids is 3. The molecule has 8 nitrogen and oxygen atoms in total. The van der Waals surface area contributed by atoms with E-state index in [0.29, 0.717) is 42.8 Å².